The van der Waals surface area contributed by atoms with Crippen molar-refractivity contribution < 1.29 is 14.9 Å². The number of aromatic hydroxyl groups is 1. The van der Waals surface area contributed by atoms with Gasteiger partial charge in [-0.2, -0.15) is 0 Å². The van der Waals surface area contributed by atoms with Crippen molar-refractivity contribution in [2.24, 2.45) is 0 Å². The highest BCUT2D eigenvalue weighted by molar-refractivity contribution is 5.47. The Labute approximate surface area is 118 Å². The predicted molar refractivity (Wildman–Crippen MR) is 77.5 cm³/mol. The Morgan fingerprint density at radius 3 is 2.45 bits per heavy atom. The summed E-state index contributed by atoms with van der Waals surface area (Å²) in [5.74, 6) is 6.21. The molecule has 2 aromatic carbocycles. The first-order chi connectivity index (χ1) is 9.53. The minimum Gasteiger partial charge on any atom is -0.508 e. The van der Waals surface area contributed by atoms with Crippen LogP contribution in [0.15, 0.2) is 48.5 Å². The van der Waals surface area contributed by atoms with Crippen LogP contribution in [0.25, 0.3) is 0 Å². The highest BCUT2D eigenvalue weighted by Crippen LogP contribution is 2.32. The number of rotatable bonds is 2. The number of ether oxygens (including phenoxy) is 1. The maximum atomic E-state index is 10.5. The van der Waals surface area contributed by atoms with Gasteiger partial charge in [-0.1, -0.05) is 30.0 Å². The molecule has 2 rings (SSSR count). The van der Waals surface area contributed by atoms with Crippen LogP contribution in [0.1, 0.15) is 18.1 Å². The molecule has 0 bridgehead atoms. The molecule has 0 aliphatic heterocycles. The number of aliphatic hydroxyl groups is 1. The molecular weight excluding hydrogens is 252 g/mol. The summed E-state index contributed by atoms with van der Waals surface area (Å²) in [4.78, 5) is 0. The van der Waals surface area contributed by atoms with Gasteiger partial charge in [-0.3, -0.25) is 0 Å². The van der Waals surface area contributed by atoms with Gasteiger partial charge in [0.15, 0.2) is 5.60 Å². The molecule has 0 aliphatic carbocycles. The van der Waals surface area contributed by atoms with E-state index in [9.17, 15) is 10.2 Å². The third-order valence-electron chi connectivity index (χ3n) is 2.95. The summed E-state index contributed by atoms with van der Waals surface area (Å²) in [7, 11) is 1.53. The molecule has 3 heteroatoms. The Balaban J connectivity index is 2.38. The van der Waals surface area contributed by atoms with Crippen molar-refractivity contribution in [3.05, 3.63) is 59.7 Å². The van der Waals surface area contributed by atoms with E-state index in [0.717, 1.165) is 5.56 Å². The third kappa shape index (κ3) is 3.11. The van der Waals surface area contributed by atoms with Crippen LogP contribution < -0.4 is 4.74 Å². The van der Waals surface area contributed by atoms with Crippen molar-refractivity contribution in [1.29, 1.82) is 0 Å². The quantitative estimate of drug-likeness (QED) is 0.823. The summed E-state index contributed by atoms with van der Waals surface area (Å²) in [5, 5.41) is 20.3. The van der Waals surface area contributed by atoms with E-state index in [-0.39, 0.29) is 5.75 Å². The number of phenolic OH excluding ortho intramolecular Hbond substituents is 1. The van der Waals surface area contributed by atoms with Gasteiger partial charge in [0.1, 0.15) is 11.5 Å². The van der Waals surface area contributed by atoms with Crippen LogP contribution in [0.5, 0.6) is 11.5 Å². The fourth-order valence-corrected chi connectivity index (χ4v) is 1.81. The molecule has 0 aliphatic rings. The topological polar surface area (TPSA) is 49.7 Å². The number of benzene rings is 2. The Bertz CT molecular complexity index is 649. The van der Waals surface area contributed by atoms with Crippen molar-refractivity contribution >= 4 is 0 Å². The van der Waals surface area contributed by atoms with Crippen LogP contribution in [-0.4, -0.2) is 17.3 Å². The summed E-state index contributed by atoms with van der Waals surface area (Å²) in [5.41, 5.74) is -0.343. The van der Waals surface area contributed by atoms with E-state index in [4.69, 9.17) is 4.74 Å². The van der Waals surface area contributed by atoms with Gasteiger partial charge < -0.3 is 14.9 Å². The van der Waals surface area contributed by atoms with Crippen molar-refractivity contribution in [3.8, 4) is 23.3 Å². The lowest BCUT2D eigenvalue weighted by Crippen LogP contribution is -2.18. The maximum absolute atomic E-state index is 10.5. The van der Waals surface area contributed by atoms with Crippen molar-refractivity contribution in [1.82, 2.24) is 0 Å². The zero-order valence-corrected chi connectivity index (χ0v) is 11.4. The number of methoxy groups -OCH3 is 1. The molecule has 1 unspecified atom stereocenters. The molecule has 0 spiro atoms. The summed E-state index contributed by atoms with van der Waals surface area (Å²) < 4.78 is 5.10. The Hall–Kier alpha value is -2.44. The molecule has 0 fully saturated rings. The molecule has 0 heterocycles. The van der Waals surface area contributed by atoms with E-state index >= 15 is 0 Å². The van der Waals surface area contributed by atoms with Gasteiger partial charge >= 0.3 is 0 Å². The van der Waals surface area contributed by atoms with Crippen LogP contribution in [0, 0.1) is 11.8 Å². The van der Waals surface area contributed by atoms with Gasteiger partial charge in [-0.05, 0) is 37.3 Å². The lowest BCUT2D eigenvalue weighted by Gasteiger charge is -2.19. The zero-order chi connectivity index (χ0) is 14.6. The van der Waals surface area contributed by atoms with Gasteiger partial charge in [-0.15, -0.1) is 0 Å². The third-order valence-corrected chi connectivity index (χ3v) is 2.95. The number of hydrogen-bond donors (Lipinski definition) is 2. The van der Waals surface area contributed by atoms with Gasteiger partial charge in [0.25, 0.3) is 0 Å². The lowest BCUT2D eigenvalue weighted by atomic mass is 9.95. The second kappa shape index (κ2) is 5.68. The van der Waals surface area contributed by atoms with Crippen LogP contribution in [0.2, 0.25) is 0 Å². The largest absolute Gasteiger partial charge is 0.508 e. The van der Waals surface area contributed by atoms with E-state index in [0.29, 0.717) is 11.3 Å². The molecule has 0 saturated heterocycles. The molecular formula is C17H16O3. The smallest absolute Gasteiger partial charge is 0.152 e. The van der Waals surface area contributed by atoms with E-state index < -0.39 is 5.60 Å². The second-order valence-electron chi connectivity index (χ2n) is 4.57. The number of hydrogen-bond acceptors (Lipinski definition) is 3. The molecule has 0 amide bonds. The van der Waals surface area contributed by atoms with Crippen molar-refractivity contribution in [2.75, 3.05) is 7.11 Å². The van der Waals surface area contributed by atoms with Gasteiger partial charge in [0.05, 0.1) is 7.11 Å². The van der Waals surface area contributed by atoms with Crippen LogP contribution in [0.3, 0.4) is 0 Å². The Morgan fingerprint density at radius 2 is 1.80 bits per heavy atom. The summed E-state index contributed by atoms with van der Waals surface area (Å²) in [6.45, 7) is 1.54. The van der Waals surface area contributed by atoms with E-state index in [2.05, 4.69) is 11.8 Å². The molecule has 2 N–H and O–H groups in total. The van der Waals surface area contributed by atoms with Crippen LogP contribution >= 0.6 is 0 Å². The highest BCUT2D eigenvalue weighted by Gasteiger charge is 2.24. The maximum Gasteiger partial charge on any atom is 0.152 e. The first kappa shape index (κ1) is 14.0. The fraction of sp³-hybridized carbons (Fsp3) is 0.176. The van der Waals surface area contributed by atoms with Gasteiger partial charge in [0, 0.05) is 11.1 Å². The van der Waals surface area contributed by atoms with Crippen molar-refractivity contribution in [3.63, 3.8) is 0 Å². The Kier molecular flexibility index (Phi) is 3.97. The van der Waals surface area contributed by atoms with Crippen LogP contribution in [-0.2, 0) is 5.60 Å². The minimum atomic E-state index is -1.46. The Morgan fingerprint density at radius 1 is 1.10 bits per heavy atom. The van der Waals surface area contributed by atoms with Crippen molar-refractivity contribution in [2.45, 2.75) is 12.5 Å². The van der Waals surface area contributed by atoms with E-state index in [1.54, 1.807) is 12.1 Å². The zero-order valence-electron chi connectivity index (χ0n) is 11.4. The molecule has 3 nitrogen and oxygen atoms in total. The van der Waals surface area contributed by atoms with Crippen LogP contribution in [0.4, 0.5) is 0 Å². The average Bonchev–Trinajstić information content (AvgIpc) is 2.47. The van der Waals surface area contributed by atoms with Gasteiger partial charge in [-0.25, -0.2) is 0 Å². The molecule has 0 saturated carbocycles. The first-order valence-corrected chi connectivity index (χ1v) is 6.21. The minimum absolute atomic E-state index is 0.0156. The second-order valence-corrected chi connectivity index (χ2v) is 4.57. The summed E-state index contributed by atoms with van der Waals surface area (Å²) >= 11 is 0. The lowest BCUT2D eigenvalue weighted by molar-refractivity contribution is 0.118. The predicted octanol–water partition coefficient (Wildman–Crippen LogP) is 2.66. The van der Waals surface area contributed by atoms with Gasteiger partial charge in [0.2, 0.25) is 0 Å². The monoisotopic (exact) mass is 268 g/mol. The molecule has 0 radical (unpaired) electrons. The van der Waals surface area contributed by atoms with E-state index in [1.165, 1.54) is 20.1 Å². The molecule has 20 heavy (non-hydrogen) atoms. The average molecular weight is 268 g/mol. The number of phenols is 1. The fourth-order valence-electron chi connectivity index (χ4n) is 1.81. The first-order valence-electron chi connectivity index (χ1n) is 6.21. The molecule has 102 valence electrons. The summed E-state index contributed by atoms with van der Waals surface area (Å²) in [6, 6.07) is 14.0. The normalized spacial score (nSPS) is 12.9. The molecule has 0 aromatic heterocycles. The standard InChI is InChI=1S/C17H16O3/c1-17(19,11-10-13-6-4-3-5-7-13)15-12-14(20-2)8-9-16(15)18/h3-9,12,18-19H,1-2H3. The SMILES string of the molecule is COc1ccc(O)c(C(C)(O)C#Cc2ccccc2)c1. The molecule has 2 aromatic rings. The highest BCUT2D eigenvalue weighted by atomic mass is 16.5. The summed E-state index contributed by atoms with van der Waals surface area (Å²) in [6.07, 6.45) is 0. The molecule has 1 atom stereocenters. The van der Waals surface area contributed by atoms with E-state index in [1.807, 2.05) is 30.3 Å².